The van der Waals surface area contributed by atoms with E-state index in [1.807, 2.05) is 22.5 Å². The first-order valence-electron chi connectivity index (χ1n) is 6.87. The molecule has 0 saturated heterocycles. The van der Waals surface area contributed by atoms with Crippen molar-refractivity contribution in [2.75, 3.05) is 0 Å². The topological polar surface area (TPSA) is 64.7 Å². The van der Waals surface area contributed by atoms with Crippen molar-refractivity contribution in [2.45, 2.75) is 52.2 Å². The summed E-state index contributed by atoms with van der Waals surface area (Å²) in [7, 11) is 0. The molecule has 2 aromatic heterocycles. The Labute approximate surface area is 111 Å². The summed E-state index contributed by atoms with van der Waals surface area (Å²) in [6.07, 6.45) is 4.56. The van der Waals surface area contributed by atoms with Gasteiger partial charge in [-0.15, -0.1) is 0 Å². The van der Waals surface area contributed by atoms with Crippen molar-refractivity contribution in [3.8, 4) is 0 Å². The van der Waals surface area contributed by atoms with Crippen LogP contribution in [0.3, 0.4) is 0 Å². The van der Waals surface area contributed by atoms with E-state index < -0.39 is 0 Å². The second-order valence-electron chi connectivity index (χ2n) is 5.09. The van der Waals surface area contributed by atoms with Gasteiger partial charge in [0.05, 0.1) is 18.4 Å². The lowest BCUT2D eigenvalue weighted by Crippen LogP contribution is -2.26. The number of carbonyl (C=O) groups is 1. The summed E-state index contributed by atoms with van der Waals surface area (Å²) in [5, 5.41) is 11.8. The Morgan fingerprint density at radius 1 is 1.47 bits per heavy atom. The van der Waals surface area contributed by atoms with Gasteiger partial charge in [-0.05, 0) is 26.7 Å². The van der Waals surface area contributed by atoms with E-state index in [1.165, 1.54) is 0 Å². The van der Waals surface area contributed by atoms with Gasteiger partial charge in [-0.2, -0.15) is 10.2 Å². The Bertz CT molecular complexity index is 608. The number of fused-ring (bicyclic) bond motifs is 1. The molecular weight excluding hydrogens is 242 g/mol. The quantitative estimate of drug-likeness (QED) is 0.880. The Balaban J connectivity index is 1.73. The van der Waals surface area contributed by atoms with Crippen molar-refractivity contribution in [3.63, 3.8) is 0 Å². The van der Waals surface area contributed by atoms with Gasteiger partial charge in [-0.1, -0.05) is 0 Å². The molecule has 1 amide bonds. The summed E-state index contributed by atoms with van der Waals surface area (Å²) in [6, 6.07) is 0.426. The third kappa shape index (κ3) is 2.34. The summed E-state index contributed by atoms with van der Waals surface area (Å²) in [4.78, 5) is 11.7. The number of hydrogen-bond donors (Lipinski definition) is 1. The van der Waals surface area contributed by atoms with Gasteiger partial charge in [0.2, 0.25) is 5.91 Å². The minimum atomic E-state index is 0.117. The molecule has 1 fully saturated rings. The zero-order chi connectivity index (χ0) is 13.4. The van der Waals surface area contributed by atoms with Gasteiger partial charge in [-0.25, -0.2) is 0 Å². The monoisotopic (exact) mass is 261 g/mol. The van der Waals surface area contributed by atoms with Crippen LogP contribution in [-0.2, 0) is 17.9 Å². The van der Waals surface area contributed by atoms with Gasteiger partial charge in [-0.3, -0.25) is 14.2 Å². The summed E-state index contributed by atoms with van der Waals surface area (Å²) < 4.78 is 3.83. The summed E-state index contributed by atoms with van der Waals surface area (Å²) >= 11 is 0. The number of aryl methyl sites for hydroxylation is 3. The zero-order valence-electron chi connectivity index (χ0n) is 11.4. The predicted molar refractivity (Wildman–Crippen MR) is 71.7 cm³/mol. The maximum Gasteiger partial charge on any atom is 0.222 e. The molecule has 6 heteroatoms. The highest BCUT2D eigenvalue weighted by Gasteiger charge is 2.23. The smallest absolute Gasteiger partial charge is 0.222 e. The molecular formula is C13H19N5O. The highest BCUT2D eigenvalue weighted by atomic mass is 16.1. The van der Waals surface area contributed by atoms with Crippen LogP contribution in [0.5, 0.6) is 0 Å². The average Bonchev–Trinajstić information content (AvgIpc) is 3.00. The maximum atomic E-state index is 11.7. The van der Waals surface area contributed by atoms with Crippen LogP contribution in [0, 0.1) is 6.92 Å². The van der Waals surface area contributed by atoms with Gasteiger partial charge in [0.15, 0.2) is 0 Å². The standard InChI is InChI=1S/C13H19N5O/c1-3-17-11-8-14-18(13(11)9(2)16-17)7-6-12(19)15-10-4-5-10/h8,10H,3-7H2,1-2H3,(H,15,19). The predicted octanol–water partition coefficient (Wildman–Crippen LogP) is 1.23. The van der Waals surface area contributed by atoms with Crippen molar-refractivity contribution >= 4 is 16.9 Å². The lowest BCUT2D eigenvalue weighted by Gasteiger charge is -2.04. The number of nitrogens with zero attached hydrogens (tertiary/aromatic N) is 4. The van der Waals surface area contributed by atoms with E-state index in [0.717, 1.165) is 36.1 Å². The number of nitrogens with one attached hydrogen (secondary N) is 1. The van der Waals surface area contributed by atoms with E-state index in [-0.39, 0.29) is 5.91 Å². The molecule has 2 aromatic rings. The van der Waals surface area contributed by atoms with Crippen LogP contribution < -0.4 is 5.32 Å². The lowest BCUT2D eigenvalue weighted by atomic mass is 10.3. The first-order valence-corrected chi connectivity index (χ1v) is 6.87. The number of rotatable bonds is 5. The highest BCUT2D eigenvalue weighted by Crippen LogP contribution is 2.20. The fourth-order valence-electron chi connectivity index (χ4n) is 2.36. The molecule has 3 rings (SSSR count). The number of hydrogen-bond acceptors (Lipinski definition) is 3. The number of amides is 1. The van der Waals surface area contributed by atoms with E-state index in [2.05, 4.69) is 22.4 Å². The van der Waals surface area contributed by atoms with E-state index >= 15 is 0 Å². The van der Waals surface area contributed by atoms with Crippen LogP contribution in [-0.4, -0.2) is 31.5 Å². The van der Waals surface area contributed by atoms with Crippen molar-refractivity contribution in [1.82, 2.24) is 24.9 Å². The third-order valence-electron chi connectivity index (χ3n) is 3.50. The van der Waals surface area contributed by atoms with Crippen LogP contribution in [0.2, 0.25) is 0 Å². The van der Waals surface area contributed by atoms with Crippen LogP contribution in [0.4, 0.5) is 0 Å². The first-order chi connectivity index (χ1) is 9.19. The molecule has 0 aromatic carbocycles. The fraction of sp³-hybridized carbons (Fsp3) is 0.615. The zero-order valence-corrected chi connectivity index (χ0v) is 11.4. The molecule has 0 unspecified atom stereocenters. The average molecular weight is 261 g/mol. The first kappa shape index (κ1) is 12.2. The number of carbonyl (C=O) groups excluding carboxylic acids is 1. The van der Waals surface area contributed by atoms with Crippen molar-refractivity contribution in [2.24, 2.45) is 0 Å². The molecule has 0 atom stereocenters. The fourth-order valence-corrected chi connectivity index (χ4v) is 2.36. The van der Waals surface area contributed by atoms with Gasteiger partial charge < -0.3 is 5.32 Å². The molecule has 1 aliphatic rings. The molecule has 1 saturated carbocycles. The Morgan fingerprint density at radius 2 is 2.26 bits per heavy atom. The molecule has 2 heterocycles. The third-order valence-corrected chi connectivity index (χ3v) is 3.50. The lowest BCUT2D eigenvalue weighted by molar-refractivity contribution is -0.121. The summed E-state index contributed by atoms with van der Waals surface area (Å²) in [6.45, 7) is 5.49. The molecule has 0 bridgehead atoms. The molecule has 102 valence electrons. The minimum absolute atomic E-state index is 0.117. The van der Waals surface area contributed by atoms with E-state index in [0.29, 0.717) is 19.0 Å². The molecule has 0 radical (unpaired) electrons. The minimum Gasteiger partial charge on any atom is -0.353 e. The highest BCUT2D eigenvalue weighted by molar-refractivity contribution is 5.79. The summed E-state index contributed by atoms with van der Waals surface area (Å²) in [5.41, 5.74) is 3.06. The van der Waals surface area contributed by atoms with Crippen molar-refractivity contribution in [3.05, 3.63) is 11.9 Å². The largest absolute Gasteiger partial charge is 0.353 e. The molecule has 1 N–H and O–H groups in total. The van der Waals surface area contributed by atoms with Crippen LogP contribution in [0.1, 0.15) is 31.9 Å². The molecule has 0 spiro atoms. The van der Waals surface area contributed by atoms with Crippen molar-refractivity contribution in [1.29, 1.82) is 0 Å². The van der Waals surface area contributed by atoms with Crippen LogP contribution in [0.15, 0.2) is 6.20 Å². The molecule has 19 heavy (non-hydrogen) atoms. The van der Waals surface area contributed by atoms with E-state index in [1.54, 1.807) is 0 Å². The maximum absolute atomic E-state index is 11.7. The Morgan fingerprint density at radius 3 is 2.95 bits per heavy atom. The SMILES string of the molecule is CCn1nc(C)c2c1cnn2CCC(=O)NC1CC1. The molecule has 6 nitrogen and oxygen atoms in total. The van der Waals surface area contributed by atoms with Crippen molar-refractivity contribution < 1.29 is 4.79 Å². The van der Waals surface area contributed by atoms with E-state index in [9.17, 15) is 4.79 Å². The van der Waals surface area contributed by atoms with Gasteiger partial charge in [0.1, 0.15) is 11.0 Å². The van der Waals surface area contributed by atoms with Gasteiger partial charge in [0, 0.05) is 19.0 Å². The summed E-state index contributed by atoms with van der Waals surface area (Å²) in [5.74, 6) is 0.117. The second-order valence-corrected chi connectivity index (χ2v) is 5.09. The number of aromatic nitrogens is 4. The normalized spacial score (nSPS) is 15.1. The molecule has 0 aliphatic heterocycles. The van der Waals surface area contributed by atoms with Crippen LogP contribution >= 0.6 is 0 Å². The van der Waals surface area contributed by atoms with Gasteiger partial charge >= 0.3 is 0 Å². The van der Waals surface area contributed by atoms with Crippen LogP contribution in [0.25, 0.3) is 11.0 Å². The Kier molecular flexibility index (Phi) is 3.00. The Hall–Kier alpha value is -1.85. The van der Waals surface area contributed by atoms with Gasteiger partial charge in [0.25, 0.3) is 0 Å². The second kappa shape index (κ2) is 4.68. The van der Waals surface area contributed by atoms with E-state index in [4.69, 9.17) is 0 Å². The molecule has 1 aliphatic carbocycles.